The summed E-state index contributed by atoms with van der Waals surface area (Å²) in [6.07, 6.45) is 4.85. The van der Waals surface area contributed by atoms with Gasteiger partial charge in [-0.15, -0.1) is 11.8 Å². The number of hydrogen-bond donors (Lipinski definition) is 2. The maximum absolute atomic E-state index is 11.9. The number of amides is 1. The molecular formula is C12H21NO3S. The van der Waals surface area contributed by atoms with Crippen LogP contribution in [0.2, 0.25) is 0 Å². The zero-order chi connectivity index (χ0) is 12.7. The lowest BCUT2D eigenvalue weighted by molar-refractivity contribution is -0.137. The van der Waals surface area contributed by atoms with Gasteiger partial charge in [0.25, 0.3) is 0 Å². The van der Waals surface area contributed by atoms with E-state index in [0.717, 1.165) is 25.0 Å². The number of carboxylic acids is 1. The van der Waals surface area contributed by atoms with Crippen molar-refractivity contribution in [2.75, 3.05) is 5.75 Å². The van der Waals surface area contributed by atoms with E-state index in [1.54, 1.807) is 11.8 Å². The molecule has 1 aliphatic heterocycles. The van der Waals surface area contributed by atoms with Crippen molar-refractivity contribution in [1.82, 2.24) is 5.32 Å². The van der Waals surface area contributed by atoms with Crippen molar-refractivity contribution in [3.8, 4) is 0 Å². The lowest BCUT2D eigenvalue weighted by Gasteiger charge is -2.22. The lowest BCUT2D eigenvalue weighted by Crippen LogP contribution is -2.39. The summed E-state index contributed by atoms with van der Waals surface area (Å²) in [6, 6.07) is 0.0735. The first kappa shape index (κ1) is 14.4. The van der Waals surface area contributed by atoms with Crippen LogP contribution in [0.4, 0.5) is 0 Å². The predicted octanol–water partition coefficient (Wildman–Crippen LogP) is 2.03. The van der Waals surface area contributed by atoms with Gasteiger partial charge in [0.1, 0.15) is 0 Å². The summed E-state index contributed by atoms with van der Waals surface area (Å²) in [5.41, 5.74) is 0. The van der Waals surface area contributed by atoms with Gasteiger partial charge in [0.15, 0.2) is 0 Å². The van der Waals surface area contributed by atoms with E-state index in [2.05, 4.69) is 5.32 Å². The Labute approximate surface area is 107 Å². The fraction of sp³-hybridized carbons (Fsp3) is 0.833. The highest BCUT2D eigenvalue weighted by Crippen LogP contribution is 2.25. The third-order valence-electron chi connectivity index (χ3n) is 2.89. The normalized spacial score (nSPS) is 21.8. The summed E-state index contributed by atoms with van der Waals surface area (Å²) in [5, 5.41) is 11.6. The fourth-order valence-corrected chi connectivity index (χ4v) is 3.12. The van der Waals surface area contributed by atoms with E-state index in [4.69, 9.17) is 5.11 Å². The summed E-state index contributed by atoms with van der Waals surface area (Å²) in [7, 11) is 0. The number of carboxylic acid groups (broad SMARTS) is 1. The van der Waals surface area contributed by atoms with Gasteiger partial charge >= 0.3 is 5.97 Å². The maximum atomic E-state index is 11.9. The Hall–Kier alpha value is -0.710. The van der Waals surface area contributed by atoms with Gasteiger partial charge < -0.3 is 10.4 Å². The zero-order valence-corrected chi connectivity index (χ0v) is 11.1. The molecule has 0 spiro atoms. The number of hydrogen-bond acceptors (Lipinski definition) is 3. The molecule has 1 aliphatic rings. The highest BCUT2D eigenvalue weighted by Gasteiger charge is 2.22. The minimum absolute atomic E-state index is 0.0735. The molecule has 4 nitrogen and oxygen atoms in total. The largest absolute Gasteiger partial charge is 0.481 e. The molecule has 0 saturated carbocycles. The van der Waals surface area contributed by atoms with Gasteiger partial charge in [-0.3, -0.25) is 9.59 Å². The van der Waals surface area contributed by atoms with Crippen LogP contribution in [0.15, 0.2) is 0 Å². The number of rotatable bonds is 6. The SMILES string of the molecule is CC(CCCC(=O)O)NC(=O)C1CCCCS1. The van der Waals surface area contributed by atoms with Crippen molar-refractivity contribution < 1.29 is 14.7 Å². The maximum Gasteiger partial charge on any atom is 0.303 e. The third kappa shape index (κ3) is 5.96. The highest BCUT2D eigenvalue weighted by atomic mass is 32.2. The minimum atomic E-state index is -0.772. The van der Waals surface area contributed by atoms with Crippen LogP contribution in [0.5, 0.6) is 0 Å². The fourth-order valence-electron chi connectivity index (χ4n) is 1.91. The van der Waals surface area contributed by atoms with Crippen molar-refractivity contribution in [3.63, 3.8) is 0 Å². The van der Waals surface area contributed by atoms with E-state index in [9.17, 15) is 9.59 Å². The molecule has 2 unspecified atom stereocenters. The average Bonchev–Trinajstić information content (AvgIpc) is 2.29. The van der Waals surface area contributed by atoms with Crippen LogP contribution >= 0.6 is 11.8 Å². The van der Waals surface area contributed by atoms with Gasteiger partial charge in [-0.25, -0.2) is 0 Å². The van der Waals surface area contributed by atoms with E-state index in [0.29, 0.717) is 6.42 Å². The minimum Gasteiger partial charge on any atom is -0.481 e. The molecule has 2 N–H and O–H groups in total. The number of carbonyl (C=O) groups is 2. The smallest absolute Gasteiger partial charge is 0.303 e. The number of thioether (sulfide) groups is 1. The van der Waals surface area contributed by atoms with Crippen molar-refractivity contribution in [2.45, 2.75) is 56.7 Å². The molecule has 2 atom stereocenters. The second-order valence-electron chi connectivity index (χ2n) is 4.55. The molecule has 98 valence electrons. The second-order valence-corrected chi connectivity index (χ2v) is 5.86. The number of aliphatic carboxylic acids is 1. The first-order chi connectivity index (χ1) is 8.09. The Bertz CT molecular complexity index is 264. The van der Waals surface area contributed by atoms with Crippen LogP contribution in [-0.4, -0.2) is 34.0 Å². The van der Waals surface area contributed by atoms with Crippen molar-refractivity contribution in [3.05, 3.63) is 0 Å². The van der Waals surface area contributed by atoms with Crippen LogP contribution in [0.1, 0.15) is 45.4 Å². The van der Waals surface area contributed by atoms with Crippen LogP contribution in [0, 0.1) is 0 Å². The zero-order valence-electron chi connectivity index (χ0n) is 10.3. The molecule has 1 saturated heterocycles. The molecule has 0 aliphatic carbocycles. The quantitative estimate of drug-likeness (QED) is 0.766. The first-order valence-corrected chi connectivity index (χ1v) is 7.28. The summed E-state index contributed by atoms with van der Waals surface area (Å²) in [5.74, 6) is 0.426. The topological polar surface area (TPSA) is 66.4 Å². The summed E-state index contributed by atoms with van der Waals surface area (Å²) in [6.45, 7) is 1.94. The van der Waals surface area contributed by atoms with E-state index in [1.807, 2.05) is 6.92 Å². The number of carbonyl (C=O) groups excluding carboxylic acids is 1. The average molecular weight is 259 g/mol. The molecule has 1 fully saturated rings. The summed E-state index contributed by atoms with van der Waals surface area (Å²) in [4.78, 5) is 22.2. The predicted molar refractivity (Wildman–Crippen MR) is 69.2 cm³/mol. The van der Waals surface area contributed by atoms with Gasteiger partial charge in [-0.05, 0) is 38.4 Å². The molecule has 0 aromatic rings. The Balaban J connectivity index is 2.18. The van der Waals surface area contributed by atoms with Crippen LogP contribution in [0.25, 0.3) is 0 Å². The molecule has 0 radical (unpaired) electrons. The molecule has 1 heterocycles. The molecule has 17 heavy (non-hydrogen) atoms. The van der Waals surface area contributed by atoms with Crippen LogP contribution in [-0.2, 0) is 9.59 Å². The molecule has 5 heteroatoms. The molecule has 0 bridgehead atoms. The van der Waals surface area contributed by atoms with Gasteiger partial charge in [0, 0.05) is 12.5 Å². The van der Waals surface area contributed by atoms with E-state index >= 15 is 0 Å². The Kier molecular flexibility index (Phi) is 6.40. The van der Waals surface area contributed by atoms with Crippen molar-refractivity contribution >= 4 is 23.6 Å². The van der Waals surface area contributed by atoms with Crippen molar-refractivity contribution in [1.29, 1.82) is 0 Å². The lowest BCUT2D eigenvalue weighted by atomic mass is 10.1. The Morgan fingerprint density at radius 2 is 2.24 bits per heavy atom. The van der Waals surface area contributed by atoms with Gasteiger partial charge in [0.05, 0.1) is 5.25 Å². The standard InChI is InChI=1S/C12H21NO3S/c1-9(5-4-7-11(14)15)13-12(16)10-6-2-3-8-17-10/h9-10H,2-8H2,1H3,(H,13,16)(H,14,15). The second kappa shape index (κ2) is 7.58. The van der Waals surface area contributed by atoms with E-state index in [-0.39, 0.29) is 23.6 Å². The molecule has 1 rings (SSSR count). The summed E-state index contributed by atoms with van der Waals surface area (Å²) >= 11 is 1.74. The van der Waals surface area contributed by atoms with Gasteiger partial charge in [-0.2, -0.15) is 0 Å². The van der Waals surface area contributed by atoms with Gasteiger partial charge in [-0.1, -0.05) is 6.42 Å². The van der Waals surface area contributed by atoms with Crippen LogP contribution < -0.4 is 5.32 Å². The van der Waals surface area contributed by atoms with E-state index in [1.165, 1.54) is 6.42 Å². The molecule has 0 aromatic carbocycles. The summed E-state index contributed by atoms with van der Waals surface area (Å²) < 4.78 is 0. The third-order valence-corrected chi connectivity index (χ3v) is 4.27. The van der Waals surface area contributed by atoms with Crippen molar-refractivity contribution in [2.24, 2.45) is 0 Å². The van der Waals surface area contributed by atoms with Gasteiger partial charge in [0.2, 0.25) is 5.91 Å². The monoisotopic (exact) mass is 259 g/mol. The Morgan fingerprint density at radius 1 is 1.47 bits per heavy atom. The molecular weight excluding hydrogens is 238 g/mol. The molecule has 1 amide bonds. The van der Waals surface area contributed by atoms with E-state index < -0.39 is 5.97 Å². The van der Waals surface area contributed by atoms with Crippen LogP contribution in [0.3, 0.4) is 0 Å². The first-order valence-electron chi connectivity index (χ1n) is 6.23. The Morgan fingerprint density at radius 3 is 2.82 bits per heavy atom. The molecule has 0 aromatic heterocycles. The highest BCUT2D eigenvalue weighted by molar-refractivity contribution is 8.00. The number of nitrogens with one attached hydrogen (secondary N) is 1.